The van der Waals surface area contributed by atoms with E-state index in [-0.39, 0.29) is 11.4 Å². The number of hydrogen-bond donors (Lipinski definition) is 3. The predicted molar refractivity (Wildman–Crippen MR) is 84.2 cm³/mol. The molecule has 3 N–H and O–H groups in total. The summed E-state index contributed by atoms with van der Waals surface area (Å²) in [6.45, 7) is 1.53. The number of phenols is 1. The van der Waals surface area contributed by atoms with Crippen LogP contribution in [0.2, 0.25) is 0 Å². The van der Waals surface area contributed by atoms with Crippen LogP contribution in [0, 0.1) is 10.1 Å². The fourth-order valence-corrected chi connectivity index (χ4v) is 2.27. The Hall–Kier alpha value is -2.81. The molecule has 0 aliphatic carbocycles. The van der Waals surface area contributed by atoms with Crippen LogP contribution in [0.25, 0.3) is 0 Å². The fraction of sp³-hybridized carbons (Fsp3) is 0.250. The zero-order chi connectivity index (χ0) is 18.8. The maximum absolute atomic E-state index is 12.7. The summed E-state index contributed by atoms with van der Waals surface area (Å²) in [4.78, 5) is 10.1. The van der Waals surface area contributed by atoms with E-state index in [1.165, 1.54) is 31.2 Å². The number of alkyl halides is 3. The first kappa shape index (κ1) is 18.5. The smallest absolute Gasteiger partial charge is 0.416 e. The molecule has 2 atom stereocenters. The number of anilines is 1. The molecule has 0 saturated carbocycles. The van der Waals surface area contributed by atoms with E-state index >= 15 is 0 Å². The summed E-state index contributed by atoms with van der Waals surface area (Å²) in [7, 11) is 0. The highest BCUT2D eigenvalue weighted by Crippen LogP contribution is 2.35. The molecule has 2 aromatic rings. The molecule has 0 saturated heterocycles. The van der Waals surface area contributed by atoms with Gasteiger partial charge < -0.3 is 15.5 Å². The Labute approximate surface area is 140 Å². The van der Waals surface area contributed by atoms with Gasteiger partial charge in [0.2, 0.25) is 0 Å². The Morgan fingerprint density at radius 2 is 1.76 bits per heavy atom. The number of aliphatic hydroxyl groups excluding tert-OH is 1. The molecule has 9 heteroatoms. The number of nitrogens with one attached hydrogen (secondary N) is 1. The predicted octanol–water partition coefficient (Wildman–Crippen LogP) is 3.85. The number of halogens is 3. The molecular formula is C16H15F3N2O4. The molecule has 0 heterocycles. The Kier molecular flexibility index (Phi) is 5.17. The van der Waals surface area contributed by atoms with Gasteiger partial charge >= 0.3 is 6.18 Å². The van der Waals surface area contributed by atoms with E-state index in [2.05, 4.69) is 5.32 Å². The Bertz CT molecular complexity index is 763. The van der Waals surface area contributed by atoms with E-state index in [9.17, 15) is 33.5 Å². The monoisotopic (exact) mass is 356 g/mol. The first-order chi connectivity index (χ1) is 11.6. The summed E-state index contributed by atoms with van der Waals surface area (Å²) >= 11 is 0. The van der Waals surface area contributed by atoms with Gasteiger partial charge in [0.1, 0.15) is 11.4 Å². The molecule has 134 valence electrons. The molecule has 2 aromatic carbocycles. The third-order valence-electron chi connectivity index (χ3n) is 3.61. The normalized spacial score (nSPS) is 14.0. The van der Waals surface area contributed by atoms with Crippen molar-refractivity contribution in [2.24, 2.45) is 0 Å². The van der Waals surface area contributed by atoms with Gasteiger partial charge in [-0.1, -0.05) is 12.1 Å². The van der Waals surface area contributed by atoms with E-state index in [4.69, 9.17) is 0 Å². The highest BCUT2D eigenvalue weighted by molar-refractivity contribution is 5.63. The van der Waals surface area contributed by atoms with Crippen molar-refractivity contribution in [1.82, 2.24) is 0 Å². The summed E-state index contributed by atoms with van der Waals surface area (Å²) in [6, 6.07) is 7.08. The number of phenolic OH excluding ortho intramolecular Hbond substituents is 1. The highest BCUT2D eigenvalue weighted by atomic mass is 19.4. The minimum Gasteiger partial charge on any atom is -0.508 e. The SMILES string of the molecule is C[C@@H](Nc1ccc(C(F)(F)F)cc1[N+](=O)[O-])[C@@H](O)c1ccc(O)cc1. The number of aliphatic hydroxyl groups is 1. The van der Waals surface area contributed by atoms with Crippen LogP contribution >= 0.6 is 0 Å². The third kappa shape index (κ3) is 4.38. The summed E-state index contributed by atoms with van der Waals surface area (Å²) in [5.74, 6) is 0.00920. The Morgan fingerprint density at radius 3 is 2.28 bits per heavy atom. The van der Waals surface area contributed by atoms with Gasteiger partial charge in [-0.15, -0.1) is 0 Å². The summed E-state index contributed by atoms with van der Waals surface area (Å²) in [6.07, 6.45) is -5.79. The van der Waals surface area contributed by atoms with E-state index in [0.717, 1.165) is 12.1 Å². The van der Waals surface area contributed by atoms with Crippen LogP contribution in [-0.2, 0) is 6.18 Å². The average molecular weight is 356 g/mol. The molecule has 6 nitrogen and oxygen atoms in total. The number of rotatable bonds is 5. The van der Waals surface area contributed by atoms with Gasteiger partial charge in [-0.25, -0.2) is 0 Å². The number of hydrogen-bond acceptors (Lipinski definition) is 5. The van der Waals surface area contributed by atoms with Crippen molar-refractivity contribution < 1.29 is 28.3 Å². The second-order valence-corrected chi connectivity index (χ2v) is 5.46. The van der Waals surface area contributed by atoms with Crippen LogP contribution in [0.3, 0.4) is 0 Å². The molecule has 0 amide bonds. The number of nitrogens with zero attached hydrogens (tertiary/aromatic N) is 1. The maximum Gasteiger partial charge on any atom is 0.416 e. The molecule has 0 radical (unpaired) electrons. The van der Waals surface area contributed by atoms with E-state index < -0.39 is 34.5 Å². The zero-order valence-electron chi connectivity index (χ0n) is 13.0. The van der Waals surface area contributed by atoms with Crippen LogP contribution in [0.15, 0.2) is 42.5 Å². The van der Waals surface area contributed by atoms with Crippen molar-refractivity contribution in [3.63, 3.8) is 0 Å². The molecule has 0 unspecified atom stereocenters. The largest absolute Gasteiger partial charge is 0.508 e. The fourth-order valence-electron chi connectivity index (χ4n) is 2.27. The van der Waals surface area contributed by atoms with Gasteiger partial charge in [-0.05, 0) is 36.8 Å². The molecule has 2 rings (SSSR count). The molecule has 0 bridgehead atoms. The minimum atomic E-state index is -4.69. The molecule has 0 fully saturated rings. The van der Waals surface area contributed by atoms with Crippen molar-refractivity contribution in [3.8, 4) is 5.75 Å². The maximum atomic E-state index is 12.7. The molecule has 0 aliphatic heterocycles. The van der Waals surface area contributed by atoms with Crippen molar-refractivity contribution in [3.05, 3.63) is 63.7 Å². The molecule has 0 aliphatic rings. The van der Waals surface area contributed by atoms with Gasteiger partial charge in [0.25, 0.3) is 5.69 Å². The van der Waals surface area contributed by atoms with E-state index in [1.54, 1.807) is 0 Å². The lowest BCUT2D eigenvalue weighted by Gasteiger charge is -2.22. The Balaban J connectivity index is 2.26. The lowest BCUT2D eigenvalue weighted by atomic mass is 10.0. The summed E-state index contributed by atoms with van der Waals surface area (Å²) < 4.78 is 38.1. The highest BCUT2D eigenvalue weighted by Gasteiger charge is 2.33. The van der Waals surface area contributed by atoms with E-state index in [1.807, 2.05) is 0 Å². The Morgan fingerprint density at radius 1 is 1.16 bits per heavy atom. The van der Waals surface area contributed by atoms with Gasteiger partial charge in [0.05, 0.1) is 22.6 Å². The van der Waals surface area contributed by atoms with Gasteiger partial charge in [0.15, 0.2) is 0 Å². The number of nitro groups is 1. The molecule has 0 spiro atoms. The average Bonchev–Trinajstić information content (AvgIpc) is 2.54. The summed E-state index contributed by atoms with van der Waals surface area (Å²) in [5, 5.41) is 33.2. The lowest BCUT2D eigenvalue weighted by Crippen LogP contribution is -2.24. The first-order valence-electron chi connectivity index (χ1n) is 7.18. The van der Waals surface area contributed by atoms with Crippen molar-refractivity contribution in [1.29, 1.82) is 0 Å². The van der Waals surface area contributed by atoms with Crippen LogP contribution in [0.4, 0.5) is 24.5 Å². The summed E-state index contributed by atoms with van der Waals surface area (Å²) in [5.41, 5.74) is -1.56. The lowest BCUT2D eigenvalue weighted by molar-refractivity contribution is -0.384. The minimum absolute atomic E-state index is 0.00920. The van der Waals surface area contributed by atoms with Gasteiger partial charge in [0, 0.05) is 6.07 Å². The van der Waals surface area contributed by atoms with Crippen molar-refractivity contribution in [2.45, 2.75) is 25.2 Å². The van der Waals surface area contributed by atoms with Crippen molar-refractivity contribution in [2.75, 3.05) is 5.32 Å². The molecule has 0 aromatic heterocycles. The van der Waals surface area contributed by atoms with Gasteiger partial charge in [-0.3, -0.25) is 10.1 Å². The van der Waals surface area contributed by atoms with Gasteiger partial charge in [-0.2, -0.15) is 13.2 Å². The molecular weight excluding hydrogens is 341 g/mol. The van der Waals surface area contributed by atoms with Crippen LogP contribution in [-0.4, -0.2) is 21.2 Å². The number of benzene rings is 2. The second-order valence-electron chi connectivity index (χ2n) is 5.46. The second kappa shape index (κ2) is 6.98. The van der Waals surface area contributed by atoms with Crippen LogP contribution in [0.1, 0.15) is 24.2 Å². The topological polar surface area (TPSA) is 95.6 Å². The van der Waals surface area contributed by atoms with Crippen LogP contribution in [0.5, 0.6) is 5.75 Å². The molecule has 25 heavy (non-hydrogen) atoms. The third-order valence-corrected chi connectivity index (χ3v) is 3.61. The number of aromatic hydroxyl groups is 1. The first-order valence-corrected chi connectivity index (χ1v) is 7.18. The quantitative estimate of drug-likeness (QED) is 0.559. The van der Waals surface area contributed by atoms with Crippen LogP contribution < -0.4 is 5.32 Å². The number of nitro benzene ring substituents is 1. The van der Waals surface area contributed by atoms with E-state index in [0.29, 0.717) is 11.6 Å². The zero-order valence-corrected chi connectivity index (χ0v) is 13.0. The standard InChI is InChI=1S/C16H15F3N2O4/c1-9(15(23)10-2-5-12(22)6-3-10)20-13-7-4-11(16(17,18)19)8-14(13)21(24)25/h2-9,15,20,22-23H,1H3/t9-,15-/m1/s1. The van der Waals surface area contributed by atoms with Crippen molar-refractivity contribution >= 4 is 11.4 Å².